The average molecular weight is 275 g/mol. The molecule has 2 N–H and O–H groups in total. The van der Waals surface area contributed by atoms with Crippen LogP contribution in [0, 0.1) is 5.82 Å². The molecule has 2 aromatic rings. The third kappa shape index (κ3) is 2.13. The summed E-state index contributed by atoms with van der Waals surface area (Å²) in [6.07, 6.45) is 2.78. The highest BCUT2D eigenvalue weighted by molar-refractivity contribution is 6.12. The third-order valence-electron chi connectivity index (χ3n) is 2.95. The Bertz CT molecular complexity index is 679. The first kappa shape index (κ1) is 12.3. The summed E-state index contributed by atoms with van der Waals surface area (Å²) in [5.41, 5.74) is 0.388. The van der Waals surface area contributed by atoms with Gasteiger partial charge >= 0.3 is 0 Å². The van der Waals surface area contributed by atoms with Gasteiger partial charge in [-0.05, 0) is 12.1 Å². The van der Waals surface area contributed by atoms with Gasteiger partial charge in [-0.1, -0.05) is 0 Å². The van der Waals surface area contributed by atoms with Crippen LogP contribution in [0.1, 0.15) is 26.5 Å². The van der Waals surface area contributed by atoms with Gasteiger partial charge in [-0.3, -0.25) is 9.59 Å². The molecule has 6 nitrogen and oxygen atoms in total. The van der Waals surface area contributed by atoms with Crippen molar-refractivity contribution in [3.63, 3.8) is 0 Å². The van der Waals surface area contributed by atoms with E-state index in [4.69, 9.17) is 4.42 Å². The van der Waals surface area contributed by atoms with Crippen LogP contribution < -0.4 is 10.6 Å². The Morgan fingerprint density at radius 3 is 3.05 bits per heavy atom. The fourth-order valence-electron chi connectivity index (χ4n) is 2.01. The maximum Gasteiger partial charge on any atom is 0.260 e. The van der Waals surface area contributed by atoms with Gasteiger partial charge < -0.3 is 15.1 Å². The summed E-state index contributed by atoms with van der Waals surface area (Å²) in [5, 5.41) is 5.13. The van der Waals surface area contributed by atoms with E-state index in [0.29, 0.717) is 18.7 Å². The van der Waals surface area contributed by atoms with Crippen molar-refractivity contribution >= 4 is 17.6 Å². The first-order valence-corrected chi connectivity index (χ1v) is 5.96. The van der Waals surface area contributed by atoms with Crippen molar-refractivity contribution in [2.45, 2.75) is 6.42 Å². The molecule has 0 unspecified atom stereocenters. The smallest absolute Gasteiger partial charge is 0.260 e. The number of fused-ring (bicyclic) bond motifs is 1. The molecule has 0 bridgehead atoms. The summed E-state index contributed by atoms with van der Waals surface area (Å²) in [7, 11) is 0. The van der Waals surface area contributed by atoms with Crippen LogP contribution in [0.25, 0.3) is 0 Å². The van der Waals surface area contributed by atoms with Crippen LogP contribution in [0.4, 0.5) is 10.2 Å². The molecule has 0 radical (unpaired) electrons. The van der Waals surface area contributed by atoms with Crippen molar-refractivity contribution in [1.82, 2.24) is 10.3 Å². The molecule has 20 heavy (non-hydrogen) atoms. The number of anilines is 1. The highest BCUT2D eigenvalue weighted by atomic mass is 19.1. The van der Waals surface area contributed by atoms with Gasteiger partial charge in [0.05, 0.1) is 17.3 Å². The number of rotatable bonds is 2. The van der Waals surface area contributed by atoms with Crippen molar-refractivity contribution in [2.24, 2.45) is 0 Å². The first-order chi connectivity index (χ1) is 9.65. The normalized spacial score (nSPS) is 13.6. The second-order valence-electron chi connectivity index (χ2n) is 4.27. The average Bonchev–Trinajstić information content (AvgIpc) is 2.87. The molecule has 0 aromatic carbocycles. The predicted octanol–water partition coefficient (Wildman–Crippen LogP) is 1.35. The molecule has 0 fully saturated rings. The summed E-state index contributed by atoms with van der Waals surface area (Å²) < 4.78 is 18.0. The Balaban J connectivity index is 1.86. The van der Waals surface area contributed by atoms with Crippen molar-refractivity contribution in [3.05, 3.63) is 47.3 Å². The topological polar surface area (TPSA) is 84.2 Å². The van der Waals surface area contributed by atoms with Crippen molar-refractivity contribution in [3.8, 4) is 0 Å². The number of nitrogens with zero attached hydrogens (tertiary/aromatic N) is 1. The zero-order valence-corrected chi connectivity index (χ0v) is 10.3. The van der Waals surface area contributed by atoms with Crippen LogP contribution in [0.2, 0.25) is 0 Å². The number of carbonyl (C=O) groups excluding carboxylic acids is 2. The number of pyridine rings is 1. The lowest BCUT2D eigenvalue weighted by Gasteiger charge is -2.12. The molecule has 0 saturated carbocycles. The summed E-state index contributed by atoms with van der Waals surface area (Å²) >= 11 is 0. The van der Waals surface area contributed by atoms with E-state index in [1.54, 1.807) is 0 Å². The molecule has 3 rings (SSSR count). The Morgan fingerprint density at radius 1 is 1.45 bits per heavy atom. The van der Waals surface area contributed by atoms with Gasteiger partial charge in [-0.2, -0.15) is 0 Å². The molecule has 3 heterocycles. The van der Waals surface area contributed by atoms with E-state index in [1.165, 1.54) is 18.4 Å². The lowest BCUT2D eigenvalue weighted by atomic mass is 10.0. The van der Waals surface area contributed by atoms with Crippen LogP contribution in [0.5, 0.6) is 0 Å². The number of nitrogens with one attached hydrogen (secondary N) is 2. The van der Waals surface area contributed by atoms with Gasteiger partial charge in [-0.15, -0.1) is 0 Å². The zero-order chi connectivity index (χ0) is 14.1. The van der Waals surface area contributed by atoms with Gasteiger partial charge in [0.25, 0.3) is 11.8 Å². The molecule has 1 aliphatic rings. The minimum Gasteiger partial charge on any atom is -0.468 e. The number of carbonyl (C=O) groups is 2. The summed E-state index contributed by atoms with van der Waals surface area (Å²) in [6, 6.07) is 2.51. The fraction of sp³-hybridized carbons (Fsp3) is 0.154. The maximum absolute atomic E-state index is 12.7. The van der Waals surface area contributed by atoms with Gasteiger partial charge in [-0.25, -0.2) is 9.37 Å². The van der Waals surface area contributed by atoms with Crippen LogP contribution >= 0.6 is 0 Å². The summed E-state index contributed by atoms with van der Waals surface area (Å²) in [5.74, 6) is -0.667. The zero-order valence-electron chi connectivity index (χ0n) is 10.3. The Kier molecular flexibility index (Phi) is 2.94. The first-order valence-electron chi connectivity index (χ1n) is 5.96. The molecule has 2 amide bonds. The minimum absolute atomic E-state index is 0.142. The summed E-state index contributed by atoms with van der Waals surface area (Å²) in [6.45, 7) is 0.486. The molecule has 0 atom stereocenters. The van der Waals surface area contributed by atoms with Gasteiger partial charge in [0, 0.05) is 13.0 Å². The van der Waals surface area contributed by atoms with E-state index < -0.39 is 11.7 Å². The molecule has 1 aliphatic heterocycles. The molecule has 2 aromatic heterocycles. The van der Waals surface area contributed by atoms with E-state index >= 15 is 0 Å². The Morgan fingerprint density at radius 2 is 2.30 bits per heavy atom. The molecule has 102 valence electrons. The van der Waals surface area contributed by atoms with Crippen LogP contribution in [0.15, 0.2) is 29.0 Å². The Hall–Kier alpha value is -2.70. The second kappa shape index (κ2) is 4.76. The molecular formula is C13H10FN3O3. The number of amides is 2. The number of aromatic nitrogens is 1. The van der Waals surface area contributed by atoms with E-state index in [1.807, 2.05) is 0 Å². The highest BCUT2D eigenvalue weighted by Crippen LogP contribution is 2.21. The SMILES string of the molecule is O=C(Nc1ccc(F)cn1)c1coc2c1C(=O)NCC2. The standard InChI is InChI=1S/C13H10FN3O3/c14-7-1-2-10(16-5-7)17-12(18)8-6-20-9-3-4-15-13(19)11(8)9/h1-2,5-6H,3-4H2,(H,15,19)(H,16,17,18). The number of furan rings is 1. The number of halogens is 1. The molecule has 0 saturated heterocycles. The lowest BCUT2D eigenvalue weighted by Crippen LogP contribution is -2.32. The molecule has 0 aliphatic carbocycles. The van der Waals surface area contributed by atoms with E-state index in [0.717, 1.165) is 6.20 Å². The number of hydrogen-bond acceptors (Lipinski definition) is 4. The molecule has 7 heteroatoms. The van der Waals surface area contributed by atoms with Crippen molar-refractivity contribution in [2.75, 3.05) is 11.9 Å². The quantitative estimate of drug-likeness (QED) is 0.866. The minimum atomic E-state index is -0.522. The van der Waals surface area contributed by atoms with Crippen LogP contribution in [-0.2, 0) is 6.42 Å². The molecular weight excluding hydrogens is 265 g/mol. The fourth-order valence-corrected chi connectivity index (χ4v) is 2.01. The Labute approximate surface area is 113 Å². The van der Waals surface area contributed by atoms with E-state index in [-0.39, 0.29) is 22.9 Å². The summed E-state index contributed by atoms with van der Waals surface area (Å²) in [4.78, 5) is 27.6. The highest BCUT2D eigenvalue weighted by Gasteiger charge is 2.27. The lowest BCUT2D eigenvalue weighted by molar-refractivity contribution is 0.0931. The third-order valence-corrected chi connectivity index (χ3v) is 2.95. The largest absolute Gasteiger partial charge is 0.468 e. The van der Waals surface area contributed by atoms with Gasteiger partial charge in [0.2, 0.25) is 0 Å². The maximum atomic E-state index is 12.7. The van der Waals surface area contributed by atoms with Crippen LogP contribution in [-0.4, -0.2) is 23.3 Å². The van der Waals surface area contributed by atoms with E-state index in [9.17, 15) is 14.0 Å². The van der Waals surface area contributed by atoms with Crippen molar-refractivity contribution in [1.29, 1.82) is 0 Å². The van der Waals surface area contributed by atoms with Crippen molar-refractivity contribution < 1.29 is 18.4 Å². The number of hydrogen-bond donors (Lipinski definition) is 2. The van der Waals surface area contributed by atoms with E-state index in [2.05, 4.69) is 15.6 Å². The predicted molar refractivity (Wildman–Crippen MR) is 66.9 cm³/mol. The molecule has 0 spiro atoms. The second-order valence-corrected chi connectivity index (χ2v) is 4.27. The van der Waals surface area contributed by atoms with Gasteiger partial charge in [0.1, 0.15) is 23.7 Å². The van der Waals surface area contributed by atoms with Gasteiger partial charge in [0.15, 0.2) is 0 Å². The monoisotopic (exact) mass is 275 g/mol. The van der Waals surface area contributed by atoms with Crippen LogP contribution in [0.3, 0.4) is 0 Å².